The molecule has 1 fully saturated rings. The van der Waals surface area contributed by atoms with Crippen LogP contribution in [0.4, 0.5) is 0 Å². The molecule has 1 aromatic carbocycles. The Kier molecular flexibility index (Phi) is 5.42. The number of hydrogen-bond donors (Lipinski definition) is 2. The van der Waals surface area contributed by atoms with Crippen molar-refractivity contribution in [3.63, 3.8) is 0 Å². The van der Waals surface area contributed by atoms with Crippen LogP contribution >= 0.6 is 0 Å². The van der Waals surface area contributed by atoms with Crippen LogP contribution < -0.4 is 0 Å². The molecule has 2 rings (SSSR count). The molecule has 1 aromatic rings. The number of benzene rings is 1. The van der Waals surface area contributed by atoms with Gasteiger partial charge in [-0.15, -0.1) is 12.8 Å². The van der Waals surface area contributed by atoms with Crippen LogP contribution in [0.25, 0.3) is 0 Å². The van der Waals surface area contributed by atoms with Gasteiger partial charge >= 0.3 is 0 Å². The molecule has 2 N–H and O–H groups in total. The number of quaternary nitrogens is 1. The van der Waals surface area contributed by atoms with Crippen molar-refractivity contribution in [2.24, 2.45) is 0 Å². The normalized spacial score (nSPS) is 18.4. The summed E-state index contributed by atoms with van der Waals surface area (Å²) in [6.45, 7) is 3.00. The zero-order valence-corrected chi connectivity index (χ0v) is 13.1. The summed E-state index contributed by atoms with van der Waals surface area (Å²) in [6, 6.07) is 5.19. The monoisotopic (exact) mass is 310 g/mol. The topological polar surface area (TPSA) is 40.5 Å². The molecule has 1 aliphatic rings. The molecule has 0 unspecified atom stereocenters. The molecule has 0 aliphatic carbocycles. The Morgan fingerprint density at radius 2 is 1.88 bits per heavy atom. The number of phenols is 2. The summed E-state index contributed by atoms with van der Waals surface area (Å²) in [5.74, 6) is 0.0177. The van der Waals surface area contributed by atoms with E-state index in [0.717, 1.165) is 42.5 Å². The standard InChI is InChI=1S/C13H19NO2.Y/c1-14(8-3-2-4-9-14)10-11-6-5-7-12(15)13(11)16;/h2,5-7,15-16H,3-4,8-10H2,1H3;. The second kappa shape index (κ2) is 6.17. The number of rotatable bonds is 2. The largest absolute Gasteiger partial charge is 0.504 e. The summed E-state index contributed by atoms with van der Waals surface area (Å²) in [4.78, 5) is 0. The molecule has 0 bridgehead atoms. The number of phenolic OH excluding ortho intramolecular Hbond substituents is 2. The van der Waals surface area contributed by atoms with Gasteiger partial charge in [-0.3, -0.25) is 0 Å². The quantitative estimate of drug-likeness (QED) is 0.499. The van der Waals surface area contributed by atoms with E-state index in [-0.39, 0.29) is 44.2 Å². The van der Waals surface area contributed by atoms with E-state index in [1.807, 2.05) is 6.07 Å². The minimum Gasteiger partial charge on any atom is -0.504 e. The van der Waals surface area contributed by atoms with Crippen LogP contribution in [0.2, 0.25) is 0 Å². The fourth-order valence-corrected chi connectivity index (χ4v) is 2.34. The maximum atomic E-state index is 9.77. The van der Waals surface area contributed by atoms with Gasteiger partial charge in [-0.25, -0.2) is 0 Å². The first-order chi connectivity index (χ1) is 7.61. The Morgan fingerprint density at radius 1 is 1.24 bits per heavy atom. The first-order valence-electron chi connectivity index (χ1n) is 5.76. The van der Waals surface area contributed by atoms with E-state index in [9.17, 15) is 10.2 Å². The van der Waals surface area contributed by atoms with E-state index in [4.69, 9.17) is 0 Å². The van der Waals surface area contributed by atoms with Crippen molar-refractivity contribution < 1.29 is 47.4 Å². The Bertz CT molecular complexity index is 376. The minimum absolute atomic E-state index is 0. The maximum absolute atomic E-state index is 9.77. The molecule has 0 spiro atoms. The average Bonchev–Trinajstić information content (AvgIpc) is 2.26. The van der Waals surface area contributed by atoms with Gasteiger partial charge in [0.05, 0.1) is 25.7 Å². The van der Waals surface area contributed by atoms with E-state index in [0.29, 0.717) is 0 Å². The summed E-state index contributed by atoms with van der Waals surface area (Å²) in [5, 5.41) is 19.2. The number of piperidine rings is 1. The molecule has 1 radical (unpaired) electrons. The van der Waals surface area contributed by atoms with Crippen molar-refractivity contribution in [2.45, 2.75) is 19.4 Å². The Labute approximate surface area is 128 Å². The number of para-hydroxylation sites is 1. The van der Waals surface area contributed by atoms with Gasteiger partial charge in [0.25, 0.3) is 0 Å². The van der Waals surface area contributed by atoms with Crippen LogP contribution in [0.5, 0.6) is 11.5 Å². The van der Waals surface area contributed by atoms with Crippen LogP contribution in [0.15, 0.2) is 18.2 Å². The molecule has 3 nitrogen and oxygen atoms in total. The third-order valence-corrected chi connectivity index (χ3v) is 3.40. The van der Waals surface area contributed by atoms with Crippen molar-refractivity contribution in [2.75, 3.05) is 20.1 Å². The van der Waals surface area contributed by atoms with Crippen LogP contribution in [0.1, 0.15) is 18.4 Å². The van der Waals surface area contributed by atoms with Crippen LogP contribution in [0.3, 0.4) is 0 Å². The zero-order valence-electron chi connectivity index (χ0n) is 10.3. The van der Waals surface area contributed by atoms with E-state index < -0.39 is 0 Å². The second-order valence-electron chi connectivity index (χ2n) is 4.88. The van der Waals surface area contributed by atoms with Crippen molar-refractivity contribution >= 4 is 0 Å². The molecule has 0 amide bonds. The third-order valence-electron chi connectivity index (χ3n) is 3.40. The predicted octanol–water partition coefficient (Wildman–Crippen LogP) is 2.04. The first-order valence-corrected chi connectivity index (χ1v) is 5.76. The van der Waals surface area contributed by atoms with Crippen molar-refractivity contribution in [1.82, 2.24) is 0 Å². The summed E-state index contributed by atoms with van der Waals surface area (Å²) >= 11 is 0. The Morgan fingerprint density at radius 3 is 2.53 bits per heavy atom. The van der Waals surface area contributed by atoms with Crippen LogP contribution in [0, 0.1) is 6.42 Å². The van der Waals surface area contributed by atoms with Gasteiger partial charge in [0.15, 0.2) is 11.5 Å². The van der Waals surface area contributed by atoms with Crippen molar-refractivity contribution in [1.29, 1.82) is 0 Å². The van der Waals surface area contributed by atoms with E-state index >= 15 is 0 Å². The maximum Gasteiger partial charge on any atom is 0.166 e. The molecule has 1 heterocycles. The summed E-state index contributed by atoms with van der Waals surface area (Å²) in [6.07, 6.45) is 4.59. The Balaban J connectivity index is 0.00000144. The van der Waals surface area contributed by atoms with Crippen molar-refractivity contribution in [3.8, 4) is 11.5 Å². The number of likely N-dealkylation sites (tertiary alicyclic amines) is 1. The summed E-state index contributed by atoms with van der Waals surface area (Å²) in [7, 11) is 2.20. The van der Waals surface area contributed by atoms with E-state index in [1.165, 1.54) is 6.07 Å². The SMILES string of the molecule is C[N+]1(Cc2cccc(O)c2O)CC[CH-]CC1.[Y]. The molecular weight excluding hydrogens is 291 g/mol. The fourth-order valence-electron chi connectivity index (χ4n) is 2.34. The molecule has 0 aromatic heterocycles. The average molecular weight is 310 g/mol. The van der Waals surface area contributed by atoms with Gasteiger partial charge in [-0.1, -0.05) is 6.07 Å². The molecule has 91 valence electrons. The summed E-state index contributed by atoms with van der Waals surface area (Å²) < 4.78 is 0.938. The van der Waals surface area contributed by atoms with Gasteiger partial charge in [0.1, 0.15) is 6.54 Å². The molecule has 1 aliphatic heterocycles. The van der Waals surface area contributed by atoms with Gasteiger partial charge in [-0.2, -0.15) is 0 Å². The van der Waals surface area contributed by atoms with Gasteiger partial charge in [0, 0.05) is 32.7 Å². The predicted molar refractivity (Wildman–Crippen MR) is 62.9 cm³/mol. The minimum atomic E-state index is -0.0207. The third kappa shape index (κ3) is 3.67. The molecule has 17 heavy (non-hydrogen) atoms. The van der Waals surface area contributed by atoms with E-state index in [1.54, 1.807) is 6.07 Å². The molecule has 1 saturated heterocycles. The summed E-state index contributed by atoms with van der Waals surface area (Å²) in [5.41, 5.74) is 0.837. The molecular formula is C13H19NO2Y. The molecule has 0 saturated carbocycles. The van der Waals surface area contributed by atoms with E-state index in [2.05, 4.69) is 13.5 Å². The fraction of sp³-hybridized carbons (Fsp3) is 0.462. The molecule has 0 atom stereocenters. The molecule has 4 heteroatoms. The van der Waals surface area contributed by atoms with Crippen LogP contribution in [-0.4, -0.2) is 34.8 Å². The first kappa shape index (κ1) is 14.9. The van der Waals surface area contributed by atoms with Crippen molar-refractivity contribution in [3.05, 3.63) is 30.2 Å². The second-order valence-corrected chi connectivity index (χ2v) is 4.88. The number of aromatic hydroxyl groups is 2. The van der Waals surface area contributed by atoms with Crippen LogP contribution in [-0.2, 0) is 39.3 Å². The number of nitrogens with zero attached hydrogens (tertiary/aromatic N) is 1. The smallest absolute Gasteiger partial charge is 0.166 e. The zero-order chi connectivity index (χ0) is 11.6. The van der Waals surface area contributed by atoms with Gasteiger partial charge in [-0.05, 0) is 12.1 Å². The van der Waals surface area contributed by atoms with Gasteiger partial charge < -0.3 is 21.1 Å². The number of hydrogen-bond acceptors (Lipinski definition) is 2. The van der Waals surface area contributed by atoms with Gasteiger partial charge in [0.2, 0.25) is 0 Å². The Hall–Kier alpha value is -0.116.